The molecule has 6 heteroatoms. The zero-order valence-electron chi connectivity index (χ0n) is 12.2. The predicted molar refractivity (Wildman–Crippen MR) is 80.3 cm³/mol. The van der Waals surface area contributed by atoms with Crippen molar-refractivity contribution in [3.63, 3.8) is 0 Å². The molecule has 1 aliphatic heterocycles. The highest BCUT2D eigenvalue weighted by molar-refractivity contribution is 7.14. The molecule has 0 radical (unpaired) electrons. The van der Waals surface area contributed by atoms with Gasteiger partial charge in [-0.3, -0.25) is 4.79 Å². The molecule has 3 amide bonds. The Morgan fingerprint density at radius 2 is 1.80 bits per heavy atom. The van der Waals surface area contributed by atoms with Crippen LogP contribution in [0.3, 0.4) is 0 Å². The summed E-state index contributed by atoms with van der Waals surface area (Å²) < 4.78 is 0. The van der Waals surface area contributed by atoms with Crippen LogP contribution in [0.25, 0.3) is 0 Å². The van der Waals surface area contributed by atoms with Gasteiger partial charge in [0, 0.05) is 37.6 Å². The maximum absolute atomic E-state index is 12.4. The van der Waals surface area contributed by atoms with Gasteiger partial charge in [0.15, 0.2) is 0 Å². The summed E-state index contributed by atoms with van der Waals surface area (Å²) in [5, 5.41) is 2.79. The molecule has 0 atom stereocenters. The third-order valence-corrected chi connectivity index (χ3v) is 4.70. The first kappa shape index (κ1) is 14.8. The first-order valence-electron chi connectivity index (χ1n) is 6.92. The van der Waals surface area contributed by atoms with E-state index in [-0.39, 0.29) is 11.9 Å². The number of rotatable bonds is 2. The second-order valence-corrected chi connectivity index (χ2v) is 6.22. The lowest BCUT2D eigenvalue weighted by Gasteiger charge is -2.34. The number of nitrogens with one attached hydrogen (secondary N) is 1. The van der Waals surface area contributed by atoms with E-state index in [2.05, 4.69) is 5.32 Å². The van der Waals surface area contributed by atoms with Crippen molar-refractivity contribution < 1.29 is 9.59 Å². The van der Waals surface area contributed by atoms with E-state index in [1.807, 2.05) is 31.7 Å². The molecule has 0 saturated carbocycles. The maximum Gasteiger partial charge on any atom is 0.317 e. The molecule has 1 aromatic heterocycles. The van der Waals surface area contributed by atoms with E-state index in [1.54, 1.807) is 16.2 Å². The maximum atomic E-state index is 12.4. The Hall–Kier alpha value is -1.56. The fourth-order valence-electron chi connectivity index (χ4n) is 2.21. The molecule has 1 aliphatic rings. The minimum atomic E-state index is -0.0394. The van der Waals surface area contributed by atoms with Gasteiger partial charge in [-0.25, -0.2) is 4.79 Å². The predicted octanol–water partition coefficient (Wildman–Crippen LogP) is 1.85. The molecular weight excluding hydrogens is 274 g/mol. The minimum Gasteiger partial charge on any atom is -0.338 e. The van der Waals surface area contributed by atoms with Gasteiger partial charge in [-0.15, -0.1) is 11.3 Å². The molecule has 0 aliphatic carbocycles. The third-order valence-electron chi connectivity index (χ3n) is 3.56. The first-order chi connectivity index (χ1) is 9.52. The van der Waals surface area contributed by atoms with Crippen molar-refractivity contribution in [3.05, 3.63) is 21.4 Å². The highest BCUT2D eigenvalue weighted by atomic mass is 32.1. The number of carbonyl (C=O) groups excluding carboxylic acids is 2. The normalized spacial score (nSPS) is 15.3. The van der Waals surface area contributed by atoms with Crippen molar-refractivity contribution >= 4 is 23.3 Å². The number of carbonyl (C=O) groups is 2. The lowest BCUT2D eigenvalue weighted by atomic mass is 10.2. The van der Waals surface area contributed by atoms with E-state index < -0.39 is 0 Å². The Labute approximate surface area is 123 Å². The summed E-state index contributed by atoms with van der Waals surface area (Å²) >= 11 is 1.55. The summed E-state index contributed by atoms with van der Waals surface area (Å²) in [4.78, 5) is 29.7. The number of urea groups is 1. The smallest absolute Gasteiger partial charge is 0.317 e. The minimum absolute atomic E-state index is 0.0394. The van der Waals surface area contributed by atoms with Crippen LogP contribution in [-0.4, -0.2) is 54.5 Å². The van der Waals surface area contributed by atoms with Gasteiger partial charge in [0.1, 0.15) is 0 Å². The summed E-state index contributed by atoms with van der Waals surface area (Å²) in [5.74, 6) is 0.0850. The van der Waals surface area contributed by atoms with Crippen LogP contribution in [0.15, 0.2) is 6.07 Å². The Kier molecular flexibility index (Phi) is 4.65. The van der Waals surface area contributed by atoms with Crippen molar-refractivity contribution in [1.29, 1.82) is 0 Å². The lowest BCUT2D eigenvalue weighted by molar-refractivity contribution is 0.0670. The van der Waals surface area contributed by atoms with Crippen LogP contribution in [0, 0.1) is 13.8 Å². The van der Waals surface area contributed by atoms with Gasteiger partial charge in [-0.2, -0.15) is 0 Å². The highest BCUT2D eigenvalue weighted by Gasteiger charge is 2.25. The van der Waals surface area contributed by atoms with Crippen LogP contribution < -0.4 is 5.32 Å². The van der Waals surface area contributed by atoms with Gasteiger partial charge in [-0.05, 0) is 32.4 Å². The molecule has 20 heavy (non-hydrogen) atoms. The van der Waals surface area contributed by atoms with Crippen molar-refractivity contribution in [1.82, 2.24) is 15.1 Å². The second kappa shape index (κ2) is 6.26. The van der Waals surface area contributed by atoms with E-state index in [0.29, 0.717) is 32.7 Å². The third kappa shape index (κ3) is 3.12. The number of aryl methyl sites for hydroxylation is 2. The molecular formula is C14H21N3O2S. The first-order valence-corrected chi connectivity index (χ1v) is 7.73. The molecule has 1 N–H and O–H groups in total. The van der Waals surface area contributed by atoms with Gasteiger partial charge in [-0.1, -0.05) is 0 Å². The molecule has 1 fully saturated rings. The Morgan fingerprint density at radius 3 is 2.30 bits per heavy atom. The molecule has 1 aromatic rings. The molecule has 0 aromatic carbocycles. The Bertz CT molecular complexity index is 485. The van der Waals surface area contributed by atoms with Gasteiger partial charge >= 0.3 is 6.03 Å². The van der Waals surface area contributed by atoms with E-state index in [0.717, 1.165) is 4.88 Å². The van der Waals surface area contributed by atoms with Crippen LogP contribution in [0.5, 0.6) is 0 Å². The number of hydrogen-bond donors (Lipinski definition) is 1. The molecule has 0 unspecified atom stereocenters. The fraction of sp³-hybridized carbons (Fsp3) is 0.571. The molecule has 110 valence electrons. The zero-order valence-corrected chi connectivity index (χ0v) is 13.0. The monoisotopic (exact) mass is 295 g/mol. The van der Waals surface area contributed by atoms with Crippen molar-refractivity contribution in [3.8, 4) is 0 Å². The lowest BCUT2D eigenvalue weighted by Crippen LogP contribution is -2.53. The van der Waals surface area contributed by atoms with Crippen LogP contribution in [0.2, 0.25) is 0 Å². The zero-order chi connectivity index (χ0) is 14.7. The Balaban J connectivity index is 1.93. The van der Waals surface area contributed by atoms with Crippen molar-refractivity contribution in [2.45, 2.75) is 20.8 Å². The van der Waals surface area contributed by atoms with Gasteiger partial charge < -0.3 is 15.1 Å². The molecule has 5 nitrogen and oxygen atoms in total. The van der Waals surface area contributed by atoms with Crippen molar-refractivity contribution in [2.24, 2.45) is 0 Å². The Morgan fingerprint density at radius 1 is 1.20 bits per heavy atom. The van der Waals surface area contributed by atoms with Crippen LogP contribution in [0.1, 0.15) is 27.0 Å². The molecule has 0 bridgehead atoms. The van der Waals surface area contributed by atoms with Gasteiger partial charge in [0.2, 0.25) is 0 Å². The number of nitrogens with zero attached hydrogens (tertiary/aromatic N) is 2. The second-order valence-electron chi connectivity index (χ2n) is 4.96. The number of thiophene rings is 1. The average molecular weight is 295 g/mol. The van der Waals surface area contributed by atoms with Crippen LogP contribution in [-0.2, 0) is 0 Å². The topological polar surface area (TPSA) is 52.7 Å². The summed E-state index contributed by atoms with van der Waals surface area (Å²) in [5.41, 5.74) is 1.17. The van der Waals surface area contributed by atoms with Crippen molar-refractivity contribution in [2.75, 3.05) is 32.7 Å². The summed E-state index contributed by atoms with van der Waals surface area (Å²) in [6, 6.07) is 1.92. The quantitative estimate of drug-likeness (QED) is 0.905. The van der Waals surface area contributed by atoms with E-state index in [9.17, 15) is 9.59 Å². The SMILES string of the molecule is CCNC(=O)N1CCN(C(=O)c2cc(C)c(C)s2)CC1. The van der Waals surface area contributed by atoms with E-state index in [1.165, 1.54) is 10.4 Å². The number of hydrogen-bond acceptors (Lipinski definition) is 3. The highest BCUT2D eigenvalue weighted by Crippen LogP contribution is 2.22. The molecule has 0 spiro atoms. The van der Waals surface area contributed by atoms with Crippen LogP contribution >= 0.6 is 11.3 Å². The molecule has 1 saturated heterocycles. The number of piperazine rings is 1. The number of amides is 3. The largest absolute Gasteiger partial charge is 0.338 e. The molecule has 2 heterocycles. The summed E-state index contributed by atoms with van der Waals surface area (Å²) in [7, 11) is 0. The van der Waals surface area contributed by atoms with E-state index >= 15 is 0 Å². The summed E-state index contributed by atoms with van der Waals surface area (Å²) in [6.45, 7) is 8.99. The van der Waals surface area contributed by atoms with E-state index in [4.69, 9.17) is 0 Å². The summed E-state index contributed by atoms with van der Waals surface area (Å²) in [6.07, 6.45) is 0. The standard InChI is InChI=1S/C14H21N3O2S/c1-4-15-14(19)17-7-5-16(6-8-17)13(18)12-9-10(2)11(3)20-12/h9H,4-8H2,1-3H3,(H,15,19). The van der Waals surface area contributed by atoms with Crippen LogP contribution in [0.4, 0.5) is 4.79 Å². The van der Waals surface area contributed by atoms with Gasteiger partial charge in [0.05, 0.1) is 4.88 Å². The average Bonchev–Trinajstić information content (AvgIpc) is 2.78. The van der Waals surface area contributed by atoms with Gasteiger partial charge in [0.25, 0.3) is 5.91 Å². The fourth-order valence-corrected chi connectivity index (χ4v) is 3.21. The molecule has 2 rings (SSSR count).